The smallest absolute Gasteiger partial charge is 0.261 e. The quantitative estimate of drug-likeness (QED) is 0.407. The van der Waals surface area contributed by atoms with Crippen molar-refractivity contribution in [3.63, 3.8) is 0 Å². The number of aryl methyl sites for hydroxylation is 1. The first-order valence-corrected chi connectivity index (χ1v) is 11.3. The van der Waals surface area contributed by atoms with Crippen molar-refractivity contribution in [1.82, 2.24) is 34.9 Å². The molecule has 1 saturated carbocycles. The van der Waals surface area contributed by atoms with Crippen LogP contribution in [0, 0.1) is 12.8 Å². The minimum atomic E-state index is -0.872. The van der Waals surface area contributed by atoms with Crippen LogP contribution < -0.4 is 5.73 Å². The van der Waals surface area contributed by atoms with Gasteiger partial charge in [-0.15, -0.1) is 0 Å². The number of hydrogen-bond acceptors (Lipinski definition) is 9. The normalized spacial score (nSPS) is 15.5. The second-order valence-electron chi connectivity index (χ2n) is 9.80. The highest BCUT2D eigenvalue weighted by molar-refractivity contribution is 5.58. The Hall–Kier alpha value is -3.66. The summed E-state index contributed by atoms with van der Waals surface area (Å²) in [7, 11) is 0. The predicted molar refractivity (Wildman–Crippen MR) is 132 cm³/mol. The molecule has 0 bridgehead atoms. The van der Waals surface area contributed by atoms with Crippen LogP contribution in [0.3, 0.4) is 0 Å². The zero-order chi connectivity index (χ0) is 24.1. The lowest BCUT2D eigenvalue weighted by Gasteiger charge is -2.26. The van der Waals surface area contributed by atoms with Crippen molar-refractivity contribution in [3.8, 4) is 22.8 Å². The van der Waals surface area contributed by atoms with Crippen molar-refractivity contribution in [2.75, 3.05) is 5.73 Å². The molecule has 1 atom stereocenters. The Labute approximate surface area is 204 Å². The number of anilines is 1. The van der Waals surface area contributed by atoms with Gasteiger partial charge in [0, 0.05) is 12.4 Å². The molecule has 0 aromatic carbocycles. The van der Waals surface area contributed by atoms with E-state index in [1.54, 1.807) is 30.9 Å². The largest absolute Gasteiger partial charge is 0.389 e. The predicted octanol–water partition coefficient (Wildman–Crippen LogP) is 3.80. The van der Waals surface area contributed by atoms with Crippen molar-refractivity contribution in [2.24, 2.45) is 5.92 Å². The molecule has 0 saturated heterocycles. The van der Waals surface area contributed by atoms with Crippen molar-refractivity contribution in [2.45, 2.75) is 65.5 Å². The molecule has 3 N–H and O–H groups in total. The molecule has 35 heavy (non-hydrogen) atoms. The molecular formula is C25H32N8O2. The number of nitrogens with zero attached hydrogens (tertiary/aromatic N) is 7. The van der Waals surface area contributed by atoms with Gasteiger partial charge < -0.3 is 15.4 Å². The van der Waals surface area contributed by atoms with E-state index in [-0.39, 0.29) is 7.43 Å². The van der Waals surface area contributed by atoms with Gasteiger partial charge in [0.1, 0.15) is 11.5 Å². The molecule has 0 aliphatic heterocycles. The minimum absolute atomic E-state index is 0. The third kappa shape index (κ3) is 4.79. The summed E-state index contributed by atoms with van der Waals surface area (Å²) >= 11 is 0. The van der Waals surface area contributed by atoms with Gasteiger partial charge in [-0.2, -0.15) is 10.1 Å². The van der Waals surface area contributed by atoms with E-state index in [9.17, 15) is 5.11 Å². The fraction of sp³-hybridized carbons (Fsp3) is 0.440. The third-order valence-corrected chi connectivity index (χ3v) is 6.28. The standard InChI is InChI=1S/C24H28N8O2.CH4/c1-14-20(27-11-19(25)29-14)18-8-7-17(10-26-18)24(4,16-5-6-16)22-30-21(34-31-22)15-9-28-32(12-15)13-23(2,3)33;/h7-12,16,33H,5-6,13H2,1-4H3,(H2,25,29);1H4/t24-;/m1./s1. The van der Waals surface area contributed by atoms with Crippen LogP contribution in [-0.4, -0.2) is 45.6 Å². The first-order chi connectivity index (χ1) is 16.1. The van der Waals surface area contributed by atoms with Gasteiger partial charge in [0.15, 0.2) is 5.82 Å². The lowest BCUT2D eigenvalue weighted by Crippen LogP contribution is -2.28. The van der Waals surface area contributed by atoms with E-state index >= 15 is 0 Å². The van der Waals surface area contributed by atoms with Crippen molar-refractivity contribution < 1.29 is 9.63 Å². The van der Waals surface area contributed by atoms with Crippen molar-refractivity contribution in [1.29, 1.82) is 0 Å². The highest BCUT2D eigenvalue weighted by atomic mass is 16.5. The van der Waals surface area contributed by atoms with E-state index in [2.05, 4.69) is 38.2 Å². The van der Waals surface area contributed by atoms with Crippen molar-refractivity contribution in [3.05, 3.63) is 54.0 Å². The Kier molecular flexibility index (Phi) is 6.18. The third-order valence-electron chi connectivity index (χ3n) is 6.28. The van der Waals surface area contributed by atoms with Crippen LogP contribution >= 0.6 is 0 Å². The monoisotopic (exact) mass is 476 g/mol. The number of hydrogen-bond donors (Lipinski definition) is 2. The van der Waals surface area contributed by atoms with Crippen LogP contribution in [0.1, 0.15) is 58.1 Å². The Morgan fingerprint density at radius 1 is 1.11 bits per heavy atom. The summed E-state index contributed by atoms with van der Waals surface area (Å²) in [6, 6.07) is 4.00. The highest BCUT2D eigenvalue weighted by Gasteiger charge is 2.47. The summed E-state index contributed by atoms with van der Waals surface area (Å²) < 4.78 is 7.30. The van der Waals surface area contributed by atoms with E-state index in [1.165, 1.54) is 6.20 Å². The number of nitrogen functional groups attached to an aromatic ring is 1. The van der Waals surface area contributed by atoms with Gasteiger partial charge in [0.25, 0.3) is 5.89 Å². The lowest BCUT2D eigenvalue weighted by molar-refractivity contribution is 0.0577. The van der Waals surface area contributed by atoms with E-state index < -0.39 is 11.0 Å². The number of pyridine rings is 1. The van der Waals surface area contributed by atoms with Gasteiger partial charge >= 0.3 is 0 Å². The maximum atomic E-state index is 10.0. The van der Waals surface area contributed by atoms with Crippen LogP contribution in [0.4, 0.5) is 5.82 Å². The van der Waals surface area contributed by atoms with Gasteiger partial charge in [-0.05, 0) is 58.1 Å². The molecule has 4 heterocycles. The van der Waals surface area contributed by atoms with E-state index in [0.29, 0.717) is 41.3 Å². The maximum Gasteiger partial charge on any atom is 0.261 e. The SMILES string of the molecule is C.Cc1nc(N)cnc1-c1ccc([C@](C)(c2noc(-c3cnn(CC(C)(C)O)c3)n2)C2CC2)cn1. The average Bonchev–Trinajstić information content (AvgIpc) is 3.34. The lowest BCUT2D eigenvalue weighted by atomic mass is 9.77. The van der Waals surface area contributed by atoms with Crippen LogP contribution in [0.15, 0.2) is 41.4 Å². The second-order valence-corrected chi connectivity index (χ2v) is 9.80. The summed E-state index contributed by atoms with van der Waals surface area (Å²) in [5.41, 5.74) is 8.34. The molecule has 0 amide bonds. The first-order valence-electron chi connectivity index (χ1n) is 11.3. The Balaban J connectivity index is 0.00000289. The summed E-state index contributed by atoms with van der Waals surface area (Å²) in [5.74, 6) is 1.82. The zero-order valence-corrected chi connectivity index (χ0v) is 19.7. The summed E-state index contributed by atoms with van der Waals surface area (Å²) in [5, 5.41) is 18.7. The highest BCUT2D eigenvalue weighted by Crippen LogP contribution is 2.50. The molecule has 10 heteroatoms. The number of aromatic nitrogens is 7. The van der Waals surface area contributed by atoms with Gasteiger partial charge in [0.2, 0.25) is 0 Å². The molecule has 1 aliphatic rings. The Morgan fingerprint density at radius 2 is 1.89 bits per heavy atom. The first kappa shape index (κ1) is 24.5. The van der Waals surface area contributed by atoms with E-state index in [0.717, 1.165) is 29.8 Å². The van der Waals surface area contributed by atoms with E-state index in [1.807, 2.05) is 19.2 Å². The second kappa shape index (κ2) is 8.84. The molecule has 0 unspecified atom stereocenters. The molecule has 10 nitrogen and oxygen atoms in total. The number of nitrogens with two attached hydrogens (primary N) is 1. The van der Waals surface area contributed by atoms with Crippen LogP contribution in [0.5, 0.6) is 0 Å². The zero-order valence-electron chi connectivity index (χ0n) is 19.7. The molecule has 4 aromatic rings. The molecule has 1 fully saturated rings. The minimum Gasteiger partial charge on any atom is -0.389 e. The van der Waals surface area contributed by atoms with Gasteiger partial charge in [0.05, 0.1) is 46.9 Å². The van der Waals surface area contributed by atoms with Gasteiger partial charge in [-0.25, -0.2) is 9.97 Å². The van der Waals surface area contributed by atoms with E-state index in [4.69, 9.17) is 15.2 Å². The van der Waals surface area contributed by atoms with Crippen LogP contribution in [0.2, 0.25) is 0 Å². The molecule has 4 aromatic heterocycles. The average molecular weight is 477 g/mol. The summed E-state index contributed by atoms with van der Waals surface area (Å²) in [6.45, 7) is 7.85. The number of aliphatic hydroxyl groups is 1. The maximum absolute atomic E-state index is 10.0. The molecular weight excluding hydrogens is 444 g/mol. The van der Waals surface area contributed by atoms with Gasteiger partial charge in [-0.1, -0.05) is 18.6 Å². The Bertz CT molecular complexity index is 1320. The topological polar surface area (TPSA) is 142 Å². The summed E-state index contributed by atoms with van der Waals surface area (Å²) in [4.78, 5) is 18.1. The van der Waals surface area contributed by atoms with Crippen LogP contribution in [-0.2, 0) is 12.0 Å². The van der Waals surface area contributed by atoms with Crippen molar-refractivity contribution >= 4 is 5.82 Å². The fourth-order valence-electron chi connectivity index (χ4n) is 4.31. The Morgan fingerprint density at radius 3 is 2.51 bits per heavy atom. The number of rotatable bonds is 7. The fourth-order valence-corrected chi connectivity index (χ4v) is 4.31. The van der Waals surface area contributed by atoms with Gasteiger partial charge in [-0.3, -0.25) is 9.67 Å². The summed E-state index contributed by atoms with van der Waals surface area (Å²) in [6.07, 6.45) is 9.06. The molecule has 0 radical (unpaired) electrons. The molecule has 0 spiro atoms. The molecule has 1 aliphatic carbocycles. The molecule has 5 rings (SSSR count). The van der Waals surface area contributed by atoms with Crippen LogP contribution in [0.25, 0.3) is 22.8 Å². The molecule has 184 valence electrons.